The number of hydrogen-bond acceptors (Lipinski definition) is 6. The second kappa shape index (κ2) is 5.60. The topological polar surface area (TPSA) is 114 Å². The number of nitrogens with zero attached hydrogens (tertiary/aromatic N) is 2. The van der Waals surface area contributed by atoms with Crippen molar-refractivity contribution in [3.63, 3.8) is 0 Å². The van der Waals surface area contributed by atoms with Gasteiger partial charge in [-0.1, -0.05) is 18.7 Å². The number of carboxylic acid groups (broad SMARTS) is 1. The Balaban J connectivity index is 3.15. The van der Waals surface area contributed by atoms with Crippen LogP contribution in [0.1, 0.15) is 17.4 Å². The lowest BCUT2D eigenvalue weighted by Crippen LogP contribution is -2.07. The molecule has 92 valence electrons. The lowest BCUT2D eigenvalue weighted by Gasteiger charge is -2.07. The third-order valence-electron chi connectivity index (χ3n) is 1.83. The predicted molar refractivity (Wildman–Crippen MR) is 60.3 cm³/mol. The summed E-state index contributed by atoms with van der Waals surface area (Å²) in [5, 5.41) is 28.0. The highest BCUT2D eigenvalue weighted by molar-refractivity contribution is 8.00. The molecule has 1 heterocycles. The number of rotatable bonds is 5. The summed E-state index contributed by atoms with van der Waals surface area (Å²) in [4.78, 5) is 24.5. The highest BCUT2D eigenvalue weighted by Gasteiger charge is 2.20. The summed E-state index contributed by atoms with van der Waals surface area (Å²) in [6.45, 7) is 1.48. The van der Waals surface area contributed by atoms with Gasteiger partial charge in [0.2, 0.25) is 0 Å². The standard InChI is InChI=1S/C9H10N2O5S/c1-5(4-12)17-8-7(11(15)16)3-2-6(10-8)9(13)14/h2-3,5,12H,4H2,1H3,(H,13,14). The van der Waals surface area contributed by atoms with E-state index >= 15 is 0 Å². The summed E-state index contributed by atoms with van der Waals surface area (Å²) in [6, 6.07) is 2.18. The van der Waals surface area contributed by atoms with Crippen molar-refractivity contribution in [3.05, 3.63) is 27.9 Å². The van der Waals surface area contributed by atoms with Gasteiger partial charge in [0.1, 0.15) is 5.69 Å². The average Bonchev–Trinajstić information content (AvgIpc) is 2.28. The number of aromatic carboxylic acids is 1. The van der Waals surface area contributed by atoms with E-state index in [4.69, 9.17) is 10.2 Å². The number of nitro groups is 1. The first kappa shape index (κ1) is 13.4. The van der Waals surface area contributed by atoms with E-state index in [1.807, 2.05) is 0 Å². The Kier molecular flexibility index (Phi) is 4.41. The molecule has 1 aromatic rings. The summed E-state index contributed by atoms with van der Waals surface area (Å²) in [5.41, 5.74) is -0.525. The smallest absolute Gasteiger partial charge is 0.354 e. The van der Waals surface area contributed by atoms with Crippen LogP contribution in [0.5, 0.6) is 0 Å². The molecule has 0 fully saturated rings. The fraction of sp³-hybridized carbons (Fsp3) is 0.333. The molecule has 0 radical (unpaired) electrons. The van der Waals surface area contributed by atoms with Crippen LogP contribution in [-0.4, -0.2) is 37.9 Å². The van der Waals surface area contributed by atoms with Crippen LogP contribution in [0.15, 0.2) is 17.2 Å². The van der Waals surface area contributed by atoms with E-state index in [9.17, 15) is 14.9 Å². The van der Waals surface area contributed by atoms with E-state index in [0.717, 1.165) is 23.9 Å². The van der Waals surface area contributed by atoms with Gasteiger partial charge in [0.15, 0.2) is 5.03 Å². The number of aromatic nitrogens is 1. The van der Waals surface area contributed by atoms with Gasteiger partial charge >= 0.3 is 11.7 Å². The molecular formula is C9H10N2O5S. The summed E-state index contributed by atoms with van der Waals surface area (Å²) >= 11 is 0.964. The summed E-state index contributed by atoms with van der Waals surface area (Å²) in [7, 11) is 0. The largest absolute Gasteiger partial charge is 0.477 e. The summed E-state index contributed by atoms with van der Waals surface area (Å²) in [6.07, 6.45) is 0. The second-order valence-electron chi connectivity index (χ2n) is 3.19. The van der Waals surface area contributed by atoms with Crippen molar-refractivity contribution in [2.75, 3.05) is 6.61 Å². The van der Waals surface area contributed by atoms with Gasteiger partial charge in [0.05, 0.1) is 11.5 Å². The molecule has 1 rings (SSSR count). The molecule has 0 saturated carbocycles. The Morgan fingerprint density at radius 1 is 1.65 bits per heavy atom. The van der Waals surface area contributed by atoms with Gasteiger partial charge < -0.3 is 10.2 Å². The maximum atomic E-state index is 10.7. The highest BCUT2D eigenvalue weighted by Crippen LogP contribution is 2.30. The maximum absolute atomic E-state index is 10.7. The minimum absolute atomic E-state index is 0.00329. The molecule has 1 atom stereocenters. The van der Waals surface area contributed by atoms with Crippen molar-refractivity contribution in [2.24, 2.45) is 0 Å². The first-order chi connectivity index (χ1) is 7.95. The number of carbonyl (C=O) groups is 1. The summed E-state index contributed by atoms with van der Waals surface area (Å²) < 4.78 is 0. The minimum atomic E-state index is -1.25. The van der Waals surface area contributed by atoms with Crippen LogP contribution in [0.4, 0.5) is 5.69 Å². The van der Waals surface area contributed by atoms with E-state index in [0.29, 0.717) is 0 Å². The van der Waals surface area contributed by atoms with Crippen molar-refractivity contribution < 1.29 is 19.9 Å². The molecule has 8 heteroatoms. The predicted octanol–water partition coefficient (Wildman–Crippen LogP) is 1.16. The Hall–Kier alpha value is -1.67. The van der Waals surface area contributed by atoms with Gasteiger partial charge in [-0.3, -0.25) is 10.1 Å². The molecule has 17 heavy (non-hydrogen) atoms. The SMILES string of the molecule is CC(CO)Sc1nc(C(=O)O)ccc1[N+](=O)[O-]. The van der Waals surface area contributed by atoms with Crippen LogP contribution in [0.25, 0.3) is 0 Å². The van der Waals surface area contributed by atoms with Crippen LogP contribution < -0.4 is 0 Å². The lowest BCUT2D eigenvalue weighted by atomic mass is 10.3. The van der Waals surface area contributed by atoms with Crippen molar-refractivity contribution >= 4 is 23.4 Å². The Bertz CT molecular complexity index is 451. The van der Waals surface area contributed by atoms with Gasteiger partial charge in [-0.15, -0.1) is 0 Å². The molecule has 2 N–H and O–H groups in total. The Morgan fingerprint density at radius 3 is 2.76 bits per heavy atom. The quantitative estimate of drug-likeness (QED) is 0.462. The number of aliphatic hydroxyl groups is 1. The van der Waals surface area contributed by atoms with Gasteiger partial charge in [-0.05, 0) is 6.07 Å². The van der Waals surface area contributed by atoms with Crippen LogP contribution in [0.2, 0.25) is 0 Å². The van der Waals surface area contributed by atoms with Gasteiger partial charge in [0, 0.05) is 11.3 Å². The molecule has 1 unspecified atom stereocenters. The fourth-order valence-electron chi connectivity index (χ4n) is 1.01. The summed E-state index contributed by atoms with van der Waals surface area (Å²) in [5.74, 6) is -1.25. The van der Waals surface area contributed by atoms with E-state index in [-0.39, 0.29) is 28.3 Å². The van der Waals surface area contributed by atoms with Crippen LogP contribution in [0, 0.1) is 10.1 Å². The number of hydrogen-bond donors (Lipinski definition) is 2. The van der Waals surface area contributed by atoms with E-state index in [1.165, 1.54) is 0 Å². The third kappa shape index (κ3) is 3.40. The number of thioether (sulfide) groups is 1. The number of carboxylic acids is 1. The van der Waals surface area contributed by atoms with Crippen LogP contribution in [-0.2, 0) is 0 Å². The molecule has 0 bridgehead atoms. The minimum Gasteiger partial charge on any atom is -0.477 e. The normalized spacial score (nSPS) is 12.1. The molecule has 0 spiro atoms. The molecule has 0 saturated heterocycles. The average molecular weight is 258 g/mol. The van der Waals surface area contributed by atoms with Crippen molar-refractivity contribution in [2.45, 2.75) is 17.2 Å². The Morgan fingerprint density at radius 2 is 2.29 bits per heavy atom. The first-order valence-corrected chi connectivity index (χ1v) is 5.50. The number of pyridine rings is 1. The molecule has 0 aliphatic rings. The molecular weight excluding hydrogens is 248 g/mol. The monoisotopic (exact) mass is 258 g/mol. The molecule has 7 nitrogen and oxygen atoms in total. The molecule has 1 aromatic heterocycles. The third-order valence-corrected chi connectivity index (χ3v) is 2.90. The van der Waals surface area contributed by atoms with Crippen LogP contribution in [0.3, 0.4) is 0 Å². The van der Waals surface area contributed by atoms with Gasteiger partial charge in [-0.2, -0.15) is 0 Å². The molecule has 0 aromatic carbocycles. The van der Waals surface area contributed by atoms with Crippen LogP contribution >= 0.6 is 11.8 Å². The second-order valence-corrected chi connectivity index (χ2v) is 4.62. The maximum Gasteiger partial charge on any atom is 0.354 e. The van der Waals surface area contributed by atoms with E-state index < -0.39 is 10.9 Å². The van der Waals surface area contributed by atoms with Gasteiger partial charge in [0.25, 0.3) is 0 Å². The zero-order chi connectivity index (χ0) is 13.0. The van der Waals surface area contributed by atoms with E-state index in [2.05, 4.69) is 4.98 Å². The van der Waals surface area contributed by atoms with E-state index in [1.54, 1.807) is 6.92 Å². The zero-order valence-corrected chi connectivity index (χ0v) is 9.68. The van der Waals surface area contributed by atoms with Crippen molar-refractivity contribution in [1.82, 2.24) is 4.98 Å². The highest BCUT2D eigenvalue weighted by atomic mass is 32.2. The molecule has 0 aliphatic carbocycles. The lowest BCUT2D eigenvalue weighted by molar-refractivity contribution is -0.388. The Labute approximate surface area is 101 Å². The van der Waals surface area contributed by atoms with Gasteiger partial charge in [-0.25, -0.2) is 9.78 Å². The van der Waals surface area contributed by atoms with Crippen molar-refractivity contribution in [1.29, 1.82) is 0 Å². The number of aliphatic hydroxyl groups excluding tert-OH is 1. The first-order valence-electron chi connectivity index (χ1n) is 4.62. The zero-order valence-electron chi connectivity index (χ0n) is 8.86. The fourth-order valence-corrected chi connectivity index (χ4v) is 1.88. The molecule has 0 amide bonds. The molecule has 0 aliphatic heterocycles. The van der Waals surface area contributed by atoms with Crippen molar-refractivity contribution in [3.8, 4) is 0 Å².